The SMILES string of the molecule is CCNc1ccnc(-c2c(C)nn(C)c2C)n1. The lowest BCUT2D eigenvalue weighted by atomic mass is 10.2. The van der Waals surface area contributed by atoms with Crippen LogP contribution in [0.15, 0.2) is 12.3 Å². The number of nitrogens with one attached hydrogen (secondary N) is 1. The lowest BCUT2D eigenvalue weighted by Crippen LogP contribution is -2.01. The summed E-state index contributed by atoms with van der Waals surface area (Å²) in [6.07, 6.45) is 1.77. The van der Waals surface area contributed by atoms with Gasteiger partial charge in [-0.05, 0) is 26.8 Å². The van der Waals surface area contributed by atoms with Gasteiger partial charge < -0.3 is 5.32 Å². The van der Waals surface area contributed by atoms with Crippen molar-refractivity contribution in [2.45, 2.75) is 20.8 Å². The van der Waals surface area contributed by atoms with E-state index in [0.717, 1.165) is 35.1 Å². The zero-order valence-corrected chi connectivity index (χ0v) is 10.7. The molecular formula is C12H17N5. The standard InChI is InChI=1S/C12H17N5/c1-5-13-10-6-7-14-12(15-10)11-8(2)16-17(4)9(11)3/h6-7H,5H2,1-4H3,(H,13,14,15). The van der Waals surface area contributed by atoms with Gasteiger partial charge in [-0.15, -0.1) is 0 Å². The summed E-state index contributed by atoms with van der Waals surface area (Å²) in [6, 6.07) is 1.87. The Morgan fingerprint density at radius 1 is 1.35 bits per heavy atom. The summed E-state index contributed by atoms with van der Waals surface area (Å²) < 4.78 is 1.86. The molecule has 0 bridgehead atoms. The van der Waals surface area contributed by atoms with Crippen molar-refractivity contribution in [2.24, 2.45) is 7.05 Å². The zero-order valence-electron chi connectivity index (χ0n) is 10.7. The Morgan fingerprint density at radius 3 is 2.71 bits per heavy atom. The third-order valence-electron chi connectivity index (χ3n) is 2.75. The molecule has 0 aliphatic heterocycles. The first kappa shape index (κ1) is 11.6. The third-order valence-corrected chi connectivity index (χ3v) is 2.75. The smallest absolute Gasteiger partial charge is 0.165 e. The highest BCUT2D eigenvalue weighted by molar-refractivity contribution is 5.62. The maximum Gasteiger partial charge on any atom is 0.165 e. The molecule has 1 N–H and O–H groups in total. The van der Waals surface area contributed by atoms with Gasteiger partial charge >= 0.3 is 0 Å². The van der Waals surface area contributed by atoms with E-state index in [1.807, 2.05) is 38.6 Å². The van der Waals surface area contributed by atoms with Crippen LogP contribution < -0.4 is 5.32 Å². The Hall–Kier alpha value is -1.91. The molecule has 0 aliphatic carbocycles. The van der Waals surface area contributed by atoms with Crippen molar-refractivity contribution in [3.8, 4) is 11.4 Å². The molecule has 2 heterocycles. The number of nitrogens with zero attached hydrogens (tertiary/aromatic N) is 4. The van der Waals surface area contributed by atoms with Crippen molar-refractivity contribution in [3.63, 3.8) is 0 Å². The second-order valence-corrected chi connectivity index (χ2v) is 3.97. The second-order valence-electron chi connectivity index (χ2n) is 3.97. The Kier molecular flexibility index (Phi) is 3.08. The molecule has 5 heteroatoms. The second kappa shape index (κ2) is 4.53. The highest BCUT2D eigenvalue weighted by atomic mass is 15.3. The van der Waals surface area contributed by atoms with Crippen molar-refractivity contribution < 1.29 is 0 Å². The topological polar surface area (TPSA) is 55.6 Å². The maximum atomic E-state index is 4.49. The number of anilines is 1. The lowest BCUT2D eigenvalue weighted by molar-refractivity contribution is 0.731. The Morgan fingerprint density at radius 2 is 2.12 bits per heavy atom. The predicted octanol–water partition coefficient (Wildman–Crippen LogP) is 1.93. The summed E-state index contributed by atoms with van der Waals surface area (Å²) in [7, 11) is 1.93. The molecule has 17 heavy (non-hydrogen) atoms. The van der Waals surface area contributed by atoms with E-state index >= 15 is 0 Å². The van der Waals surface area contributed by atoms with E-state index in [4.69, 9.17) is 0 Å². The molecule has 0 amide bonds. The quantitative estimate of drug-likeness (QED) is 0.877. The minimum absolute atomic E-state index is 0.728. The molecule has 0 unspecified atom stereocenters. The van der Waals surface area contributed by atoms with Crippen LogP contribution in [0.4, 0.5) is 5.82 Å². The summed E-state index contributed by atoms with van der Waals surface area (Å²) in [4.78, 5) is 8.81. The summed E-state index contributed by atoms with van der Waals surface area (Å²) in [5.41, 5.74) is 3.06. The first-order valence-corrected chi connectivity index (χ1v) is 5.71. The fourth-order valence-electron chi connectivity index (χ4n) is 1.86. The molecule has 2 aromatic rings. The molecular weight excluding hydrogens is 214 g/mol. The fourth-order valence-corrected chi connectivity index (χ4v) is 1.86. The Labute approximate surface area is 101 Å². The average Bonchev–Trinajstić information content (AvgIpc) is 2.54. The molecule has 0 radical (unpaired) electrons. The van der Waals surface area contributed by atoms with Gasteiger partial charge in [0.05, 0.1) is 11.3 Å². The van der Waals surface area contributed by atoms with E-state index in [1.54, 1.807) is 6.20 Å². The van der Waals surface area contributed by atoms with E-state index in [9.17, 15) is 0 Å². The molecule has 0 aromatic carbocycles. The van der Waals surface area contributed by atoms with Gasteiger partial charge in [-0.3, -0.25) is 4.68 Å². The van der Waals surface area contributed by atoms with E-state index in [1.165, 1.54) is 0 Å². The lowest BCUT2D eigenvalue weighted by Gasteiger charge is -2.04. The normalized spacial score (nSPS) is 10.6. The van der Waals surface area contributed by atoms with Crippen molar-refractivity contribution in [3.05, 3.63) is 23.7 Å². The van der Waals surface area contributed by atoms with Gasteiger partial charge in [0, 0.05) is 25.5 Å². The van der Waals surface area contributed by atoms with Gasteiger partial charge in [0.25, 0.3) is 0 Å². The van der Waals surface area contributed by atoms with Crippen molar-refractivity contribution >= 4 is 5.82 Å². The molecule has 0 saturated heterocycles. The van der Waals surface area contributed by atoms with Crippen LogP contribution in [0.5, 0.6) is 0 Å². The molecule has 90 valence electrons. The molecule has 5 nitrogen and oxygen atoms in total. The van der Waals surface area contributed by atoms with Crippen molar-refractivity contribution in [1.29, 1.82) is 0 Å². The highest BCUT2D eigenvalue weighted by Gasteiger charge is 2.14. The maximum absolute atomic E-state index is 4.49. The number of aromatic nitrogens is 4. The largest absolute Gasteiger partial charge is 0.370 e. The van der Waals surface area contributed by atoms with Crippen LogP contribution in [0.25, 0.3) is 11.4 Å². The van der Waals surface area contributed by atoms with Gasteiger partial charge in [0.15, 0.2) is 5.82 Å². The van der Waals surface area contributed by atoms with Crippen molar-refractivity contribution in [2.75, 3.05) is 11.9 Å². The molecule has 2 aromatic heterocycles. The first-order chi connectivity index (χ1) is 8.13. The molecule has 0 saturated carbocycles. The summed E-state index contributed by atoms with van der Waals surface area (Å²) in [5, 5.41) is 7.56. The van der Waals surface area contributed by atoms with Crippen LogP contribution in [0, 0.1) is 13.8 Å². The number of rotatable bonds is 3. The van der Waals surface area contributed by atoms with Crippen LogP contribution in [0.1, 0.15) is 18.3 Å². The zero-order chi connectivity index (χ0) is 12.4. The summed E-state index contributed by atoms with van der Waals surface area (Å²) in [5.74, 6) is 1.58. The number of aryl methyl sites for hydroxylation is 2. The first-order valence-electron chi connectivity index (χ1n) is 5.71. The van der Waals surface area contributed by atoms with Crippen LogP contribution in [0.3, 0.4) is 0 Å². The van der Waals surface area contributed by atoms with Gasteiger partial charge in [0.2, 0.25) is 0 Å². The fraction of sp³-hybridized carbons (Fsp3) is 0.417. The van der Waals surface area contributed by atoms with Gasteiger partial charge in [-0.2, -0.15) is 5.10 Å². The van der Waals surface area contributed by atoms with E-state index < -0.39 is 0 Å². The average molecular weight is 231 g/mol. The molecule has 2 rings (SSSR count). The van der Waals surface area contributed by atoms with E-state index in [-0.39, 0.29) is 0 Å². The molecule has 0 spiro atoms. The van der Waals surface area contributed by atoms with Crippen LogP contribution >= 0.6 is 0 Å². The van der Waals surface area contributed by atoms with E-state index in [0.29, 0.717) is 0 Å². The van der Waals surface area contributed by atoms with Crippen LogP contribution in [0.2, 0.25) is 0 Å². The van der Waals surface area contributed by atoms with Crippen LogP contribution in [-0.2, 0) is 7.05 Å². The number of hydrogen-bond donors (Lipinski definition) is 1. The molecule has 0 atom stereocenters. The van der Waals surface area contributed by atoms with Gasteiger partial charge in [0.1, 0.15) is 5.82 Å². The Balaban J connectivity index is 2.49. The highest BCUT2D eigenvalue weighted by Crippen LogP contribution is 2.23. The van der Waals surface area contributed by atoms with Crippen molar-refractivity contribution in [1.82, 2.24) is 19.7 Å². The predicted molar refractivity (Wildman–Crippen MR) is 67.9 cm³/mol. The number of hydrogen-bond acceptors (Lipinski definition) is 4. The minimum Gasteiger partial charge on any atom is -0.370 e. The summed E-state index contributed by atoms with van der Waals surface area (Å²) in [6.45, 7) is 6.90. The van der Waals surface area contributed by atoms with Gasteiger partial charge in [-0.1, -0.05) is 0 Å². The monoisotopic (exact) mass is 231 g/mol. The van der Waals surface area contributed by atoms with Crippen LogP contribution in [-0.4, -0.2) is 26.3 Å². The molecule has 0 fully saturated rings. The van der Waals surface area contributed by atoms with E-state index in [2.05, 4.69) is 20.4 Å². The summed E-state index contributed by atoms with van der Waals surface area (Å²) >= 11 is 0. The third kappa shape index (κ3) is 2.13. The molecule has 0 aliphatic rings. The minimum atomic E-state index is 0.728. The van der Waals surface area contributed by atoms with Gasteiger partial charge in [-0.25, -0.2) is 9.97 Å². The Bertz CT molecular complexity index is 530.